The van der Waals surface area contributed by atoms with Crippen molar-refractivity contribution in [3.8, 4) is 11.8 Å². The fourth-order valence-electron chi connectivity index (χ4n) is 2.22. The Balaban J connectivity index is 2.53. The summed E-state index contributed by atoms with van der Waals surface area (Å²) in [6.07, 6.45) is 0. The van der Waals surface area contributed by atoms with Gasteiger partial charge in [0.05, 0.1) is 12.2 Å². The maximum atomic E-state index is 5.43. The molecule has 1 aromatic carbocycles. The third kappa shape index (κ3) is 2.40. The Hall–Kier alpha value is -1.76. The number of fused-ring (bicyclic) bond motifs is 1. The van der Waals surface area contributed by atoms with Gasteiger partial charge < -0.3 is 15.6 Å². The number of nitrogens with zero attached hydrogens (tertiary/aromatic N) is 1. The average Bonchev–Trinajstić information content (AvgIpc) is 2.73. The Morgan fingerprint density at radius 2 is 2.17 bits per heavy atom. The van der Waals surface area contributed by atoms with Gasteiger partial charge in [0.2, 0.25) is 0 Å². The first-order valence-corrected chi connectivity index (χ1v) is 6.25. The van der Waals surface area contributed by atoms with Gasteiger partial charge in [-0.05, 0) is 43.7 Å². The van der Waals surface area contributed by atoms with Crippen molar-refractivity contribution in [2.24, 2.45) is 5.73 Å². The van der Waals surface area contributed by atoms with E-state index < -0.39 is 0 Å². The van der Waals surface area contributed by atoms with Gasteiger partial charge in [-0.3, -0.25) is 0 Å². The van der Waals surface area contributed by atoms with E-state index in [4.69, 9.17) is 5.73 Å². The summed E-state index contributed by atoms with van der Waals surface area (Å²) in [4.78, 5) is 0. The highest BCUT2D eigenvalue weighted by Crippen LogP contribution is 2.21. The summed E-state index contributed by atoms with van der Waals surface area (Å²) in [6, 6.07) is 8.68. The van der Waals surface area contributed by atoms with Crippen molar-refractivity contribution in [3.05, 3.63) is 35.5 Å². The maximum Gasteiger partial charge on any atom is 0.0931 e. The van der Waals surface area contributed by atoms with Gasteiger partial charge in [-0.2, -0.15) is 0 Å². The van der Waals surface area contributed by atoms with Gasteiger partial charge in [0.1, 0.15) is 0 Å². The first kappa shape index (κ1) is 12.7. The molecule has 2 rings (SSSR count). The van der Waals surface area contributed by atoms with E-state index in [2.05, 4.69) is 52.9 Å². The minimum Gasteiger partial charge on any atom is -0.334 e. The van der Waals surface area contributed by atoms with Gasteiger partial charge in [-0.25, -0.2) is 0 Å². The van der Waals surface area contributed by atoms with Crippen LogP contribution in [0.5, 0.6) is 0 Å². The summed E-state index contributed by atoms with van der Waals surface area (Å²) < 4.78 is 2.22. The van der Waals surface area contributed by atoms with Gasteiger partial charge in [0.15, 0.2) is 0 Å². The highest BCUT2D eigenvalue weighted by molar-refractivity contribution is 5.83. The van der Waals surface area contributed by atoms with Crippen LogP contribution in [-0.4, -0.2) is 18.2 Å². The molecule has 0 aliphatic heterocycles. The summed E-state index contributed by atoms with van der Waals surface area (Å²) in [5.41, 5.74) is 9.00. The zero-order chi connectivity index (χ0) is 13.0. The minimum atomic E-state index is 0.399. The van der Waals surface area contributed by atoms with Crippen LogP contribution in [0, 0.1) is 11.8 Å². The lowest BCUT2D eigenvalue weighted by Gasteiger charge is -2.04. The lowest BCUT2D eigenvalue weighted by molar-refractivity contribution is 0.786. The number of hydrogen-bond acceptors (Lipinski definition) is 2. The summed E-state index contributed by atoms with van der Waals surface area (Å²) in [5, 5.41) is 4.41. The highest BCUT2D eigenvalue weighted by Gasteiger charge is 2.06. The van der Waals surface area contributed by atoms with Crippen LogP contribution in [0.15, 0.2) is 24.3 Å². The molecule has 1 heterocycles. The SMILES string of the molecule is CCn1c(C#CCN)cc2cc(CNC)ccc21. The first-order valence-electron chi connectivity index (χ1n) is 6.25. The van der Waals surface area contributed by atoms with Crippen LogP contribution in [0.2, 0.25) is 0 Å². The Morgan fingerprint density at radius 1 is 1.33 bits per heavy atom. The quantitative estimate of drug-likeness (QED) is 0.803. The Bertz CT molecular complexity index is 599. The highest BCUT2D eigenvalue weighted by atomic mass is 15.0. The molecule has 0 saturated heterocycles. The normalized spacial score (nSPS) is 10.4. The van der Waals surface area contributed by atoms with Gasteiger partial charge in [0, 0.05) is 24.0 Å². The Morgan fingerprint density at radius 3 is 2.83 bits per heavy atom. The van der Waals surface area contributed by atoms with E-state index in [1.165, 1.54) is 16.5 Å². The molecule has 0 atom stereocenters. The van der Waals surface area contributed by atoms with E-state index in [-0.39, 0.29) is 0 Å². The van der Waals surface area contributed by atoms with Crippen molar-refractivity contribution in [1.82, 2.24) is 9.88 Å². The Labute approximate surface area is 108 Å². The van der Waals surface area contributed by atoms with E-state index in [9.17, 15) is 0 Å². The fraction of sp³-hybridized carbons (Fsp3) is 0.333. The summed E-state index contributed by atoms with van der Waals surface area (Å²) in [6.45, 7) is 4.34. The van der Waals surface area contributed by atoms with Crippen LogP contribution >= 0.6 is 0 Å². The molecule has 0 fully saturated rings. The molecular formula is C15H19N3. The summed E-state index contributed by atoms with van der Waals surface area (Å²) in [7, 11) is 1.96. The monoisotopic (exact) mass is 241 g/mol. The zero-order valence-corrected chi connectivity index (χ0v) is 11.0. The van der Waals surface area contributed by atoms with Crippen molar-refractivity contribution in [2.45, 2.75) is 20.0 Å². The van der Waals surface area contributed by atoms with Gasteiger partial charge in [0.25, 0.3) is 0 Å². The predicted octanol–water partition coefficient (Wildman–Crippen LogP) is 1.69. The van der Waals surface area contributed by atoms with Crippen molar-refractivity contribution in [3.63, 3.8) is 0 Å². The second-order valence-corrected chi connectivity index (χ2v) is 4.20. The molecule has 0 radical (unpaired) electrons. The van der Waals surface area contributed by atoms with Crippen molar-refractivity contribution >= 4 is 10.9 Å². The van der Waals surface area contributed by atoms with E-state index in [0.29, 0.717) is 6.54 Å². The van der Waals surface area contributed by atoms with Crippen LogP contribution in [0.25, 0.3) is 10.9 Å². The number of rotatable bonds is 3. The molecule has 1 aromatic heterocycles. The molecule has 0 aliphatic rings. The molecule has 3 heteroatoms. The predicted molar refractivity (Wildman–Crippen MR) is 76.3 cm³/mol. The summed E-state index contributed by atoms with van der Waals surface area (Å²) in [5.74, 6) is 6.06. The van der Waals surface area contributed by atoms with Gasteiger partial charge in [-0.15, -0.1) is 0 Å². The molecule has 3 N–H and O–H groups in total. The smallest absolute Gasteiger partial charge is 0.0931 e. The topological polar surface area (TPSA) is 43.0 Å². The standard InChI is InChI=1S/C15H19N3/c1-3-18-14(5-4-8-16)10-13-9-12(11-17-2)6-7-15(13)18/h6-7,9-10,17H,3,8,11,16H2,1-2H3. The fourth-order valence-corrected chi connectivity index (χ4v) is 2.22. The minimum absolute atomic E-state index is 0.399. The van der Waals surface area contributed by atoms with Gasteiger partial charge in [-0.1, -0.05) is 12.0 Å². The van der Waals surface area contributed by atoms with Crippen molar-refractivity contribution in [2.75, 3.05) is 13.6 Å². The van der Waals surface area contributed by atoms with E-state index in [0.717, 1.165) is 18.8 Å². The molecule has 0 saturated carbocycles. The van der Waals surface area contributed by atoms with Crippen LogP contribution in [0.1, 0.15) is 18.2 Å². The number of nitrogens with one attached hydrogen (secondary N) is 1. The van der Waals surface area contributed by atoms with E-state index in [1.807, 2.05) is 7.05 Å². The van der Waals surface area contributed by atoms with Crippen molar-refractivity contribution < 1.29 is 0 Å². The lowest BCUT2D eigenvalue weighted by Crippen LogP contribution is -2.04. The van der Waals surface area contributed by atoms with Gasteiger partial charge >= 0.3 is 0 Å². The second-order valence-electron chi connectivity index (χ2n) is 4.20. The van der Waals surface area contributed by atoms with Crippen LogP contribution in [0.4, 0.5) is 0 Å². The number of aromatic nitrogens is 1. The van der Waals surface area contributed by atoms with E-state index in [1.54, 1.807) is 0 Å². The lowest BCUT2D eigenvalue weighted by atomic mass is 10.1. The maximum absolute atomic E-state index is 5.43. The largest absolute Gasteiger partial charge is 0.334 e. The number of hydrogen-bond donors (Lipinski definition) is 2. The molecule has 94 valence electrons. The molecule has 2 aromatic rings. The molecule has 0 spiro atoms. The second kappa shape index (κ2) is 5.72. The number of benzene rings is 1. The Kier molecular flexibility index (Phi) is 4.03. The first-order chi connectivity index (χ1) is 8.80. The number of aryl methyl sites for hydroxylation is 1. The third-order valence-electron chi connectivity index (χ3n) is 2.98. The molecule has 0 amide bonds. The zero-order valence-electron chi connectivity index (χ0n) is 11.0. The third-order valence-corrected chi connectivity index (χ3v) is 2.98. The van der Waals surface area contributed by atoms with Crippen LogP contribution < -0.4 is 11.1 Å². The molecule has 0 aliphatic carbocycles. The molecule has 0 bridgehead atoms. The molecule has 0 unspecified atom stereocenters. The number of nitrogens with two attached hydrogens (primary N) is 1. The average molecular weight is 241 g/mol. The molecule has 18 heavy (non-hydrogen) atoms. The van der Waals surface area contributed by atoms with Crippen LogP contribution in [0.3, 0.4) is 0 Å². The van der Waals surface area contributed by atoms with Crippen LogP contribution in [-0.2, 0) is 13.1 Å². The van der Waals surface area contributed by atoms with E-state index >= 15 is 0 Å². The molecule has 3 nitrogen and oxygen atoms in total. The summed E-state index contributed by atoms with van der Waals surface area (Å²) >= 11 is 0. The van der Waals surface area contributed by atoms with Crippen molar-refractivity contribution in [1.29, 1.82) is 0 Å². The molecular weight excluding hydrogens is 222 g/mol.